The molecule has 0 bridgehead atoms. The first kappa shape index (κ1) is 16.7. The van der Waals surface area contributed by atoms with E-state index < -0.39 is 28.8 Å². The number of anilines is 1. The SMILES string of the molecule is O=S(O)Nc1ccc(-c2ccc(C(F)(F)F)c(F)c2)cc1Cl. The summed E-state index contributed by atoms with van der Waals surface area (Å²) in [7, 11) is 0. The standard InChI is InChI=1S/C13H8ClF4NO2S/c14-10-5-7(2-4-12(10)19-22(20)21)8-1-3-9(11(15)6-8)13(16,17)18/h1-6,19H,(H,20,21). The van der Waals surface area contributed by atoms with Crippen LogP contribution in [0.25, 0.3) is 11.1 Å². The molecular formula is C13H8ClF4NO2S. The second-order valence-electron chi connectivity index (χ2n) is 4.24. The van der Waals surface area contributed by atoms with Crippen LogP contribution in [-0.4, -0.2) is 8.76 Å². The predicted molar refractivity (Wildman–Crippen MR) is 76.2 cm³/mol. The molecule has 0 radical (unpaired) electrons. The highest BCUT2D eigenvalue weighted by molar-refractivity contribution is 7.80. The Kier molecular flexibility index (Phi) is 4.74. The smallest absolute Gasteiger partial charge is 0.289 e. The van der Waals surface area contributed by atoms with E-state index in [2.05, 4.69) is 4.72 Å². The van der Waals surface area contributed by atoms with Crippen LogP contribution in [0, 0.1) is 5.82 Å². The molecule has 0 aliphatic heterocycles. The molecule has 1 unspecified atom stereocenters. The van der Waals surface area contributed by atoms with Crippen molar-refractivity contribution in [2.24, 2.45) is 0 Å². The highest BCUT2D eigenvalue weighted by atomic mass is 35.5. The minimum absolute atomic E-state index is 0.0696. The van der Waals surface area contributed by atoms with E-state index in [1.807, 2.05) is 0 Å². The Hall–Kier alpha value is -1.64. The van der Waals surface area contributed by atoms with E-state index in [1.54, 1.807) is 0 Å². The summed E-state index contributed by atoms with van der Waals surface area (Å²) in [4.78, 5) is 0. The van der Waals surface area contributed by atoms with Gasteiger partial charge >= 0.3 is 6.18 Å². The van der Waals surface area contributed by atoms with Crippen molar-refractivity contribution in [1.82, 2.24) is 0 Å². The summed E-state index contributed by atoms with van der Waals surface area (Å²) in [6.45, 7) is 0. The summed E-state index contributed by atoms with van der Waals surface area (Å²) in [6.07, 6.45) is -4.76. The molecule has 22 heavy (non-hydrogen) atoms. The molecule has 2 aromatic carbocycles. The van der Waals surface area contributed by atoms with Crippen LogP contribution in [-0.2, 0) is 17.4 Å². The topological polar surface area (TPSA) is 49.3 Å². The molecule has 0 saturated carbocycles. The molecule has 2 N–H and O–H groups in total. The van der Waals surface area contributed by atoms with Crippen molar-refractivity contribution in [3.8, 4) is 11.1 Å². The van der Waals surface area contributed by atoms with Gasteiger partial charge in [0.1, 0.15) is 5.82 Å². The van der Waals surface area contributed by atoms with E-state index in [0.717, 1.165) is 12.1 Å². The third kappa shape index (κ3) is 3.76. The first-order valence-corrected chi connectivity index (χ1v) is 7.21. The average molecular weight is 354 g/mol. The van der Waals surface area contributed by atoms with Crippen LogP contribution in [0.1, 0.15) is 5.56 Å². The van der Waals surface area contributed by atoms with E-state index in [9.17, 15) is 21.8 Å². The van der Waals surface area contributed by atoms with Gasteiger partial charge in [-0.1, -0.05) is 23.7 Å². The fraction of sp³-hybridized carbons (Fsp3) is 0.0769. The van der Waals surface area contributed by atoms with Crippen LogP contribution in [0.3, 0.4) is 0 Å². The second-order valence-corrected chi connectivity index (χ2v) is 5.35. The van der Waals surface area contributed by atoms with Crippen molar-refractivity contribution in [3.05, 3.63) is 52.8 Å². The van der Waals surface area contributed by atoms with Gasteiger partial charge in [0.05, 0.1) is 16.3 Å². The normalized spacial score (nSPS) is 13.0. The molecule has 2 aromatic rings. The maximum Gasteiger partial charge on any atom is 0.419 e. The third-order valence-corrected chi connectivity index (χ3v) is 3.48. The molecule has 0 spiro atoms. The van der Waals surface area contributed by atoms with Gasteiger partial charge in [0, 0.05) is 0 Å². The van der Waals surface area contributed by atoms with E-state index >= 15 is 0 Å². The molecule has 1 atom stereocenters. The summed E-state index contributed by atoms with van der Waals surface area (Å²) >= 11 is 3.57. The highest BCUT2D eigenvalue weighted by Crippen LogP contribution is 2.34. The maximum absolute atomic E-state index is 13.5. The molecule has 3 nitrogen and oxygen atoms in total. The Morgan fingerprint density at radius 2 is 1.68 bits per heavy atom. The van der Waals surface area contributed by atoms with Crippen LogP contribution in [0.4, 0.5) is 23.2 Å². The molecule has 0 saturated heterocycles. The Bertz CT molecular complexity index is 736. The largest absolute Gasteiger partial charge is 0.419 e. The van der Waals surface area contributed by atoms with Gasteiger partial charge in [0.15, 0.2) is 0 Å². The van der Waals surface area contributed by atoms with E-state index in [1.165, 1.54) is 18.2 Å². The summed E-state index contributed by atoms with van der Waals surface area (Å²) < 4.78 is 72.6. The highest BCUT2D eigenvalue weighted by Gasteiger charge is 2.33. The molecule has 0 fully saturated rings. The number of rotatable bonds is 3. The van der Waals surface area contributed by atoms with Gasteiger partial charge in [-0.2, -0.15) is 13.2 Å². The third-order valence-electron chi connectivity index (χ3n) is 2.77. The average Bonchev–Trinajstić information content (AvgIpc) is 2.39. The lowest BCUT2D eigenvalue weighted by Gasteiger charge is -2.11. The lowest BCUT2D eigenvalue weighted by molar-refractivity contribution is -0.139. The fourth-order valence-electron chi connectivity index (χ4n) is 1.80. The maximum atomic E-state index is 13.5. The first-order valence-electron chi connectivity index (χ1n) is 5.72. The van der Waals surface area contributed by atoms with Crippen molar-refractivity contribution in [1.29, 1.82) is 0 Å². The summed E-state index contributed by atoms with van der Waals surface area (Å²) in [5.74, 6) is -1.39. The van der Waals surface area contributed by atoms with Gasteiger partial charge in [0.2, 0.25) is 0 Å². The van der Waals surface area contributed by atoms with Crippen molar-refractivity contribution < 1.29 is 26.3 Å². The number of halogens is 5. The predicted octanol–water partition coefficient (Wildman–Crippen LogP) is 4.71. The van der Waals surface area contributed by atoms with Crippen molar-refractivity contribution in [2.45, 2.75) is 6.18 Å². The zero-order valence-electron chi connectivity index (χ0n) is 10.6. The Morgan fingerprint density at radius 3 is 2.18 bits per heavy atom. The van der Waals surface area contributed by atoms with Crippen molar-refractivity contribution in [2.75, 3.05) is 4.72 Å². The number of alkyl halides is 3. The van der Waals surface area contributed by atoms with Gasteiger partial charge < -0.3 is 0 Å². The Labute approximate surface area is 130 Å². The molecule has 2 rings (SSSR count). The van der Waals surface area contributed by atoms with E-state index in [-0.39, 0.29) is 16.3 Å². The molecule has 0 aliphatic rings. The number of nitrogens with one attached hydrogen (secondary N) is 1. The zero-order valence-corrected chi connectivity index (χ0v) is 12.2. The molecular weight excluding hydrogens is 346 g/mol. The van der Waals surface area contributed by atoms with Crippen LogP contribution in [0.15, 0.2) is 36.4 Å². The summed E-state index contributed by atoms with van der Waals surface area (Å²) in [6, 6.07) is 6.66. The Balaban J connectivity index is 2.39. The molecule has 9 heteroatoms. The molecule has 118 valence electrons. The quantitative estimate of drug-likeness (QED) is 0.620. The van der Waals surface area contributed by atoms with E-state index in [4.69, 9.17) is 16.2 Å². The molecule has 0 aliphatic carbocycles. The first-order chi connectivity index (χ1) is 10.2. The van der Waals surface area contributed by atoms with Gasteiger partial charge in [-0.05, 0) is 35.4 Å². The second kappa shape index (κ2) is 6.23. The minimum atomic E-state index is -4.76. The van der Waals surface area contributed by atoms with Crippen LogP contribution < -0.4 is 4.72 Å². The van der Waals surface area contributed by atoms with Gasteiger partial charge in [-0.15, -0.1) is 0 Å². The van der Waals surface area contributed by atoms with E-state index in [0.29, 0.717) is 11.6 Å². The van der Waals surface area contributed by atoms with Crippen LogP contribution in [0.2, 0.25) is 5.02 Å². The van der Waals surface area contributed by atoms with Crippen LogP contribution in [0.5, 0.6) is 0 Å². The zero-order chi connectivity index (χ0) is 16.5. The number of hydrogen-bond acceptors (Lipinski definition) is 1. The summed E-state index contributed by atoms with van der Waals surface area (Å²) in [5.41, 5.74) is -0.620. The lowest BCUT2D eigenvalue weighted by Crippen LogP contribution is -2.07. The monoisotopic (exact) mass is 353 g/mol. The van der Waals surface area contributed by atoms with Crippen LogP contribution >= 0.6 is 11.6 Å². The molecule has 0 heterocycles. The lowest BCUT2D eigenvalue weighted by atomic mass is 10.0. The van der Waals surface area contributed by atoms with Gasteiger partial charge in [-0.25, -0.2) is 8.60 Å². The minimum Gasteiger partial charge on any atom is -0.289 e. The fourth-order valence-corrected chi connectivity index (χ4v) is 2.45. The Morgan fingerprint density at radius 1 is 1.09 bits per heavy atom. The van der Waals surface area contributed by atoms with Gasteiger partial charge in [-0.3, -0.25) is 9.27 Å². The molecule has 0 aromatic heterocycles. The van der Waals surface area contributed by atoms with Crippen molar-refractivity contribution >= 4 is 28.6 Å². The number of benzene rings is 2. The summed E-state index contributed by atoms with van der Waals surface area (Å²) in [5, 5.41) is 0.0696. The molecule has 0 amide bonds. The van der Waals surface area contributed by atoms with Gasteiger partial charge in [0.25, 0.3) is 11.3 Å². The van der Waals surface area contributed by atoms with Crippen molar-refractivity contribution in [3.63, 3.8) is 0 Å². The number of hydrogen-bond donors (Lipinski definition) is 2.